The lowest BCUT2D eigenvalue weighted by Crippen LogP contribution is -2.54. The van der Waals surface area contributed by atoms with E-state index in [2.05, 4.69) is 50.1 Å². The summed E-state index contributed by atoms with van der Waals surface area (Å²) in [5.74, 6) is -1.30. The summed E-state index contributed by atoms with van der Waals surface area (Å²) in [6.07, 6.45) is 4.50. The van der Waals surface area contributed by atoms with Crippen LogP contribution in [0.25, 0.3) is 11.6 Å². The number of barbiturate groups is 1. The normalized spacial score (nSPS) is 18.7. The number of hydrogen-bond donors (Lipinski definition) is 1. The number of urea groups is 1. The molecule has 2 aliphatic heterocycles. The third-order valence-electron chi connectivity index (χ3n) is 6.70. The maximum Gasteiger partial charge on any atom is 0.335 e. The van der Waals surface area contributed by atoms with Gasteiger partial charge in [-0.15, -0.1) is 0 Å². The molecule has 4 rings (SSSR count). The van der Waals surface area contributed by atoms with Crippen LogP contribution in [0.15, 0.2) is 48.0 Å². The minimum Gasteiger partial charge on any atom is -0.363 e. The number of likely N-dealkylation sites (N-methyl/N-ethyl adjacent to an activating group) is 1. The van der Waals surface area contributed by atoms with E-state index < -0.39 is 17.8 Å². The first-order valence-electron chi connectivity index (χ1n) is 11.7. The Morgan fingerprint density at radius 3 is 2.38 bits per heavy atom. The first-order valence-corrected chi connectivity index (χ1v) is 11.7. The molecule has 1 N–H and O–H groups in total. The van der Waals surface area contributed by atoms with Crippen molar-refractivity contribution in [3.05, 3.63) is 70.3 Å². The number of amides is 4. The fraction of sp³-hybridized carbons (Fsp3) is 0.321. The number of carbonyl (C=O) groups excluding carboxylic acids is 3. The summed E-state index contributed by atoms with van der Waals surface area (Å²) in [5, 5.41) is 2.34. The van der Waals surface area contributed by atoms with Gasteiger partial charge in [0.2, 0.25) is 0 Å². The molecule has 0 aromatic heterocycles. The fourth-order valence-electron chi connectivity index (χ4n) is 5.04. The van der Waals surface area contributed by atoms with E-state index in [4.69, 9.17) is 0 Å². The molecule has 0 radical (unpaired) electrons. The maximum absolute atomic E-state index is 13.4. The van der Waals surface area contributed by atoms with Crippen molar-refractivity contribution in [1.29, 1.82) is 0 Å². The molecule has 6 heteroatoms. The summed E-state index contributed by atoms with van der Waals surface area (Å²) in [5.41, 5.74) is 6.28. The Labute approximate surface area is 200 Å². The number of anilines is 2. The van der Waals surface area contributed by atoms with Crippen LogP contribution in [0, 0.1) is 6.92 Å². The van der Waals surface area contributed by atoms with Gasteiger partial charge in [-0.1, -0.05) is 31.2 Å². The predicted molar refractivity (Wildman–Crippen MR) is 137 cm³/mol. The van der Waals surface area contributed by atoms with E-state index in [-0.39, 0.29) is 11.1 Å². The molecule has 2 aromatic carbocycles. The lowest BCUT2D eigenvalue weighted by atomic mass is 9.86. The number of aryl methyl sites for hydroxylation is 2. The largest absolute Gasteiger partial charge is 0.363 e. The molecular formula is C28H31N3O3. The van der Waals surface area contributed by atoms with Crippen LogP contribution in [0.1, 0.15) is 56.9 Å². The number of nitrogens with zero attached hydrogens (tertiary/aromatic N) is 2. The van der Waals surface area contributed by atoms with E-state index in [1.54, 1.807) is 18.2 Å². The molecule has 2 aromatic rings. The van der Waals surface area contributed by atoms with Crippen molar-refractivity contribution < 1.29 is 14.4 Å². The standard InChI is InChI=1S/C28H31N3O3/c1-7-19-11-9-10-12-23(19)31-26(33)22(25(32)29-27(31)34)15-20-14-21-18(4)16-28(5,6)30(8-2)24(21)13-17(20)3/h9-16H,7-8H2,1-6H3,(H,29,32,34)/b22-15-. The fourth-order valence-corrected chi connectivity index (χ4v) is 5.04. The Bertz CT molecular complexity index is 1270. The minimum atomic E-state index is -0.727. The summed E-state index contributed by atoms with van der Waals surface area (Å²) in [7, 11) is 0. The second-order valence-corrected chi connectivity index (χ2v) is 9.39. The summed E-state index contributed by atoms with van der Waals surface area (Å²) in [6.45, 7) is 13.4. The molecule has 0 saturated carbocycles. The Hall–Kier alpha value is -3.67. The van der Waals surface area contributed by atoms with Gasteiger partial charge in [0, 0.05) is 17.8 Å². The Balaban J connectivity index is 1.81. The zero-order chi connectivity index (χ0) is 24.8. The van der Waals surface area contributed by atoms with E-state index in [0.29, 0.717) is 12.1 Å². The molecule has 0 atom stereocenters. The Morgan fingerprint density at radius 2 is 1.71 bits per heavy atom. The molecular weight excluding hydrogens is 426 g/mol. The van der Waals surface area contributed by atoms with Crippen LogP contribution in [0.3, 0.4) is 0 Å². The molecule has 34 heavy (non-hydrogen) atoms. The van der Waals surface area contributed by atoms with E-state index in [1.165, 1.54) is 0 Å². The molecule has 0 aliphatic carbocycles. The Morgan fingerprint density at radius 1 is 1.00 bits per heavy atom. The number of fused-ring (bicyclic) bond motifs is 1. The van der Waals surface area contributed by atoms with E-state index in [0.717, 1.165) is 45.0 Å². The molecule has 6 nitrogen and oxygen atoms in total. The van der Waals surface area contributed by atoms with Gasteiger partial charge in [-0.3, -0.25) is 14.9 Å². The predicted octanol–water partition coefficient (Wildman–Crippen LogP) is 5.25. The summed E-state index contributed by atoms with van der Waals surface area (Å²) in [4.78, 5) is 42.2. The highest BCUT2D eigenvalue weighted by molar-refractivity contribution is 6.39. The van der Waals surface area contributed by atoms with Crippen LogP contribution >= 0.6 is 0 Å². The van der Waals surface area contributed by atoms with Crippen molar-refractivity contribution in [1.82, 2.24) is 5.32 Å². The van der Waals surface area contributed by atoms with Crippen molar-refractivity contribution >= 4 is 40.9 Å². The van der Waals surface area contributed by atoms with Gasteiger partial charge in [0.25, 0.3) is 11.8 Å². The van der Waals surface area contributed by atoms with Gasteiger partial charge >= 0.3 is 6.03 Å². The number of imide groups is 2. The van der Waals surface area contributed by atoms with E-state index in [9.17, 15) is 14.4 Å². The average Bonchev–Trinajstić information content (AvgIpc) is 2.77. The van der Waals surface area contributed by atoms with Crippen LogP contribution in [0.4, 0.5) is 16.2 Å². The molecule has 2 aliphatic rings. The lowest BCUT2D eigenvalue weighted by molar-refractivity contribution is -0.122. The first kappa shape index (κ1) is 23.5. The molecule has 4 amide bonds. The van der Waals surface area contributed by atoms with Crippen molar-refractivity contribution in [2.45, 2.75) is 53.5 Å². The summed E-state index contributed by atoms with van der Waals surface area (Å²) >= 11 is 0. The molecule has 1 fully saturated rings. The number of benzene rings is 2. The van der Waals surface area contributed by atoms with Gasteiger partial charge in [0.15, 0.2) is 0 Å². The third-order valence-corrected chi connectivity index (χ3v) is 6.70. The zero-order valence-corrected chi connectivity index (χ0v) is 20.7. The van der Waals surface area contributed by atoms with Crippen LogP contribution in [-0.4, -0.2) is 29.9 Å². The van der Waals surface area contributed by atoms with Crippen LogP contribution in [-0.2, 0) is 16.0 Å². The SMILES string of the molecule is CCc1ccccc1N1C(=O)NC(=O)/C(=C/c2cc3c(cc2C)N(CC)C(C)(C)C=C3C)C1=O. The van der Waals surface area contributed by atoms with Gasteiger partial charge in [-0.25, -0.2) is 9.69 Å². The van der Waals surface area contributed by atoms with Gasteiger partial charge in [-0.2, -0.15) is 0 Å². The summed E-state index contributed by atoms with van der Waals surface area (Å²) < 4.78 is 0. The van der Waals surface area contributed by atoms with Crippen LogP contribution < -0.4 is 15.1 Å². The average molecular weight is 458 g/mol. The van der Waals surface area contributed by atoms with Crippen molar-refractivity contribution in [2.24, 2.45) is 0 Å². The first-order chi connectivity index (χ1) is 16.1. The number of carbonyl (C=O) groups is 3. The number of nitrogens with one attached hydrogen (secondary N) is 1. The van der Waals surface area contributed by atoms with Crippen molar-refractivity contribution in [3.63, 3.8) is 0 Å². The lowest BCUT2D eigenvalue weighted by Gasteiger charge is -2.43. The molecule has 1 saturated heterocycles. The number of para-hydroxylation sites is 1. The van der Waals surface area contributed by atoms with Gasteiger partial charge in [0.1, 0.15) is 5.57 Å². The smallest absolute Gasteiger partial charge is 0.335 e. The van der Waals surface area contributed by atoms with Crippen molar-refractivity contribution in [3.8, 4) is 0 Å². The quantitative estimate of drug-likeness (QED) is 0.503. The third kappa shape index (κ3) is 3.83. The maximum atomic E-state index is 13.4. The molecule has 2 heterocycles. The van der Waals surface area contributed by atoms with Gasteiger partial charge in [0.05, 0.1) is 11.2 Å². The van der Waals surface area contributed by atoms with Gasteiger partial charge in [-0.05, 0) is 87.6 Å². The number of rotatable bonds is 4. The highest BCUT2D eigenvalue weighted by Gasteiger charge is 2.38. The van der Waals surface area contributed by atoms with Crippen LogP contribution in [0.2, 0.25) is 0 Å². The molecule has 176 valence electrons. The highest BCUT2D eigenvalue weighted by atomic mass is 16.2. The monoisotopic (exact) mass is 457 g/mol. The van der Waals surface area contributed by atoms with E-state index in [1.807, 2.05) is 32.0 Å². The van der Waals surface area contributed by atoms with Crippen molar-refractivity contribution in [2.75, 3.05) is 16.3 Å². The zero-order valence-electron chi connectivity index (χ0n) is 20.7. The minimum absolute atomic E-state index is 0.0568. The van der Waals surface area contributed by atoms with E-state index >= 15 is 0 Å². The molecule has 0 unspecified atom stereocenters. The second kappa shape index (κ2) is 8.60. The number of hydrogen-bond acceptors (Lipinski definition) is 4. The molecule has 0 spiro atoms. The summed E-state index contributed by atoms with van der Waals surface area (Å²) in [6, 6.07) is 10.7. The van der Waals surface area contributed by atoms with Gasteiger partial charge < -0.3 is 4.90 Å². The topological polar surface area (TPSA) is 69.7 Å². The highest BCUT2D eigenvalue weighted by Crippen LogP contribution is 2.40. The molecule has 0 bridgehead atoms. The van der Waals surface area contributed by atoms with Crippen LogP contribution in [0.5, 0.6) is 0 Å². The number of allylic oxidation sites excluding steroid dienone is 1. The second-order valence-electron chi connectivity index (χ2n) is 9.39. The Kier molecular flexibility index (Phi) is 5.94.